The van der Waals surface area contributed by atoms with Gasteiger partial charge in [0.05, 0.1) is 10.6 Å². The number of hydrazone groups is 1. The fourth-order valence-corrected chi connectivity index (χ4v) is 3.64. The molecule has 0 unspecified atom stereocenters. The quantitative estimate of drug-likeness (QED) is 0.432. The zero-order valence-electron chi connectivity index (χ0n) is 16.4. The van der Waals surface area contributed by atoms with Crippen LogP contribution in [0.5, 0.6) is 0 Å². The Balaban J connectivity index is 1.67. The monoisotopic (exact) mass is 441 g/mol. The summed E-state index contributed by atoms with van der Waals surface area (Å²) in [6, 6.07) is 20.1. The van der Waals surface area contributed by atoms with Crippen LogP contribution in [0.1, 0.15) is 28.4 Å². The van der Waals surface area contributed by atoms with Gasteiger partial charge >= 0.3 is 0 Å². The van der Waals surface area contributed by atoms with Gasteiger partial charge in [-0.05, 0) is 61.9 Å². The lowest BCUT2D eigenvalue weighted by Crippen LogP contribution is -2.20. The van der Waals surface area contributed by atoms with Crippen LogP contribution >= 0.6 is 11.6 Å². The second-order valence-corrected chi connectivity index (χ2v) is 8.74. The van der Waals surface area contributed by atoms with Crippen molar-refractivity contribution in [3.63, 3.8) is 0 Å². The molecule has 0 aromatic heterocycles. The van der Waals surface area contributed by atoms with Crippen molar-refractivity contribution in [2.45, 2.75) is 18.7 Å². The minimum absolute atomic E-state index is 0.142. The number of nitrogens with one attached hydrogen (secondary N) is 2. The number of hydrogen-bond donors (Lipinski definition) is 2. The maximum Gasteiger partial charge on any atom is 0.276 e. The second-order valence-electron chi connectivity index (χ2n) is 6.65. The number of hydrogen-bond acceptors (Lipinski definition) is 4. The molecule has 2 N–H and O–H groups in total. The van der Waals surface area contributed by atoms with Crippen LogP contribution in [0.2, 0.25) is 5.02 Å². The van der Waals surface area contributed by atoms with Gasteiger partial charge in [0.2, 0.25) is 0 Å². The van der Waals surface area contributed by atoms with Crippen molar-refractivity contribution in [1.82, 2.24) is 4.83 Å². The number of carbonyl (C=O) groups is 1. The molecule has 0 atom stereocenters. The van der Waals surface area contributed by atoms with E-state index in [0.29, 0.717) is 27.5 Å². The standard InChI is InChI=1S/C22H20ClN3O3S/c1-15-6-12-21(13-7-15)30(28,29)26-25-16(2)17-8-10-20(11-9-17)24-22(27)18-4-3-5-19(23)14-18/h3-14,26H,1-2H3,(H,24,27)/b25-16-. The van der Waals surface area contributed by atoms with Gasteiger partial charge in [-0.15, -0.1) is 0 Å². The SMILES string of the molecule is C/C(=N/NS(=O)(=O)c1ccc(C)cc1)c1ccc(NC(=O)c2cccc(Cl)c2)cc1. The summed E-state index contributed by atoms with van der Waals surface area (Å²) in [7, 11) is -3.74. The molecule has 3 aromatic rings. The Morgan fingerprint density at radius 1 is 0.933 bits per heavy atom. The van der Waals surface area contributed by atoms with Crippen LogP contribution in [0.25, 0.3) is 0 Å². The zero-order chi connectivity index (χ0) is 21.7. The highest BCUT2D eigenvalue weighted by atomic mass is 35.5. The number of carbonyl (C=O) groups excluding carboxylic acids is 1. The van der Waals surface area contributed by atoms with Crippen molar-refractivity contribution in [1.29, 1.82) is 0 Å². The molecule has 1 amide bonds. The highest BCUT2D eigenvalue weighted by Crippen LogP contribution is 2.15. The lowest BCUT2D eigenvalue weighted by molar-refractivity contribution is 0.102. The van der Waals surface area contributed by atoms with E-state index in [-0.39, 0.29) is 10.8 Å². The molecule has 0 fully saturated rings. The van der Waals surface area contributed by atoms with Crippen LogP contribution in [0.4, 0.5) is 5.69 Å². The van der Waals surface area contributed by atoms with E-state index >= 15 is 0 Å². The summed E-state index contributed by atoms with van der Waals surface area (Å²) in [5, 5.41) is 7.26. The lowest BCUT2D eigenvalue weighted by atomic mass is 10.1. The maximum atomic E-state index is 12.3. The Labute approximate surface area is 180 Å². The number of anilines is 1. The normalized spacial score (nSPS) is 11.8. The lowest BCUT2D eigenvalue weighted by Gasteiger charge is -2.08. The van der Waals surface area contributed by atoms with Crippen molar-refractivity contribution in [2.24, 2.45) is 5.10 Å². The van der Waals surface area contributed by atoms with E-state index in [1.165, 1.54) is 12.1 Å². The number of rotatable bonds is 6. The molecule has 8 heteroatoms. The van der Waals surface area contributed by atoms with E-state index in [2.05, 4.69) is 15.2 Å². The van der Waals surface area contributed by atoms with Gasteiger partial charge in [0.25, 0.3) is 15.9 Å². The molecule has 0 bridgehead atoms. The highest BCUT2D eigenvalue weighted by Gasteiger charge is 2.13. The third kappa shape index (κ3) is 5.46. The summed E-state index contributed by atoms with van der Waals surface area (Å²) < 4.78 is 24.7. The number of sulfonamides is 1. The number of nitrogens with zero attached hydrogens (tertiary/aromatic N) is 1. The first-order chi connectivity index (χ1) is 14.2. The summed E-state index contributed by atoms with van der Waals surface area (Å²) in [5.74, 6) is -0.276. The molecule has 0 spiro atoms. The van der Waals surface area contributed by atoms with Gasteiger partial charge in [0, 0.05) is 16.3 Å². The smallest absolute Gasteiger partial charge is 0.276 e. The molecule has 0 radical (unpaired) electrons. The predicted octanol–water partition coefficient (Wildman–Crippen LogP) is 4.60. The van der Waals surface area contributed by atoms with Gasteiger partial charge in [-0.1, -0.05) is 47.5 Å². The van der Waals surface area contributed by atoms with E-state index in [9.17, 15) is 13.2 Å². The Hall–Kier alpha value is -3.16. The first kappa shape index (κ1) is 21.5. The van der Waals surface area contributed by atoms with Crippen molar-refractivity contribution in [3.8, 4) is 0 Å². The fraction of sp³-hybridized carbons (Fsp3) is 0.0909. The van der Waals surface area contributed by atoms with Crippen molar-refractivity contribution in [2.75, 3.05) is 5.32 Å². The fourth-order valence-electron chi connectivity index (χ4n) is 2.59. The van der Waals surface area contributed by atoms with Crippen LogP contribution < -0.4 is 10.1 Å². The second kappa shape index (κ2) is 9.11. The maximum absolute atomic E-state index is 12.3. The third-order valence-corrected chi connectivity index (χ3v) is 5.77. The van der Waals surface area contributed by atoms with Gasteiger partial charge in [-0.3, -0.25) is 4.79 Å². The molecule has 6 nitrogen and oxygen atoms in total. The van der Waals surface area contributed by atoms with Crippen molar-refractivity contribution < 1.29 is 13.2 Å². The van der Waals surface area contributed by atoms with Gasteiger partial charge in [-0.2, -0.15) is 18.4 Å². The number of amides is 1. The van der Waals surface area contributed by atoms with Crippen molar-refractivity contribution in [3.05, 3.63) is 94.5 Å². The summed E-state index contributed by atoms with van der Waals surface area (Å²) in [4.78, 5) is 14.7. The molecular formula is C22H20ClN3O3S. The average molecular weight is 442 g/mol. The topological polar surface area (TPSA) is 87.6 Å². The molecule has 3 aromatic carbocycles. The Morgan fingerprint density at radius 2 is 1.60 bits per heavy atom. The predicted molar refractivity (Wildman–Crippen MR) is 120 cm³/mol. The zero-order valence-corrected chi connectivity index (χ0v) is 18.0. The summed E-state index contributed by atoms with van der Waals surface area (Å²) in [5.41, 5.74) is 3.21. The van der Waals surface area contributed by atoms with Gasteiger partial charge in [0.1, 0.15) is 0 Å². The minimum atomic E-state index is -3.74. The molecule has 0 heterocycles. The molecule has 0 aliphatic rings. The van der Waals surface area contributed by atoms with Gasteiger partial charge < -0.3 is 5.32 Å². The summed E-state index contributed by atoms with van der Waals surface area (Å²) in [6.07, 6.45) is 0. The Kier molecular flexibility index (Phi) is 6.54. The third-order valence-electron chi connectivity index (χ3n) is 4.31. The molecular weight excluding hydrogens is 422 g/mol. The van der Waals surface area contributed by atoms with Crippen molar-refractivity contribution >= 4 is 38.9 Å². The van der Waals surface area contributed by atoms with Crippen LogP contribution in [0, 0.1) is 6.92 Å². The van der Waals surface area contributed by atoms with E-state index in [1.807, 2.05) is 6.92 Å². The van der Waals surface area contributed by atoms with Crippen LogP contribution in [-0.4, -0.2) is 20.0 Å². The number of halogens is 1. The molecule has 154 valence electrons. The van der Waals surface area contributed by atoms with Crippen LogP contribution in [-0.2, 0) is 10.0 Å². The highest BCUT2D eigenvalue weighted by molar-refractivity contribution is 7.89. The summed E-state index contributed by atoms with van der Waals surface area (Å²) >= 11 is 5.91. The molecule has 30 heavy (non-hydrogen) atoms. The number of aryl methyl sites for hydroxylation is 1. The largest absolute Gasteiger partial charge is 0.322 e. The molecule has 3 rings (SSSR count). The van der Waals surface area contributed by atoms with Crippen LogP contribution in [0.15, 0.2) is 82.8 Å². The molecule has 0 saturated carbocycles. The Morgan fingerprint density at radius 3 is 2.23 bits per heavy atom. The Bertz CT molecular complexity index is 1190. The van der Waals surface area contributed by atoms with Gasteiger partial charge in [-0.25, -0.2) is 0 Å². The average Bonchev–Trinajstić information content (AvgIpc) is 2.73. The van der Waals surface area contributed by atoms with E-state index in [4.69, 9.17) is 11.6 Å². The minimum Gasteiger partial charge on any atom is -0.322 e. The molecule has 0 saturated heterocycles. The van der Waals surface area contributed by atoms with E-state index < -0.39 is 10.0 Å². The van der Waals surface area contributed by atoms with Gasteiger partial charge in [0.15, 0.2) is 0 Å². The summed E-state index contributed by atoms with van der Waals surface area (Å²) in [6.45, 7) is 3.57. The van der Waals surface area contributed by atoms with E-state index in [1.54, 1.807) is 67.6 Å². The first-order valence-electron chi connectivity index (χ1n) is 9.05. The van der Waals surface area contributed by atoms with E-state index in [0.717, 1.165) is 5.56 Å². The molecule has 0 aliphatic carbocycles. The molecule has 0 aliphatic heterocycles. The van der Waals surface area contributed by atoms with Crippen LogP contribution in [0.3, 0.4) is 0 Å². The first-order valence-corrected chi connectivity index (χ1v) is 10.9. The number of benzene rings is 3.